The predicted molar refractivity (Wildman–Crippen MR) is 155 cm³/mol. The van der Waals surface area contributed by atoms with Crippen LogP contribution in [0, 0.1) is 5.82 Å². The minimum Gasteiger partial charge on any atom is -0.397 e. The van der Waals surface area contributed by atoms with Crippen molar-refractivity contribution in [1.82, 2.24) is 10.2 Å². The van der Waals surface area contributed by atoms with E-state index in [0.29, 0.717) is 60.4 Å². The Morgan fingerprint density at radius 3 is 2.49 bits per heavy atom. The molecule has 226 valence electrons. The van der Waals surface area contributed by atoms with Crippen LogP contribution in [0.2, 0.25) is 0 Å². The Hall–Kier alpha value is -4.26. The first-order chi connectivity index (χ1) is 20.6. The van der Waals surface area contributed by atoms with Gasteiger partial charge in [0.25, 0.3) is 0 Å². The number of amides is 2. The number of ether oxygens (including phenoxy) is 1. The number of anilines is 3. The first-order valence-corrected chi connectivity index (χ1v) is 13.8. The maximum atomic E-state index is 14.1. The topological polar surface area (TPSA) is 109 Å². The molecule has 2 bridgehead atoms. The van der Waals surface area contributed by atoms with Crippen molar-refractivity contribution in [3.05, 3.63) is 95.3 Å². The van der Waals surface area contributed by atoms with E-state index in [1.54, 1.807) is 54.6 Å². The van der Waals surface area contributed by atoms with E-state index in [0.717, 1.165) is 19.0 Å². The van der Waals surface area contributed by atoms with Gasteiger partial charge in [0.05, 0.1) is 29.6 Å². The first kappa shape index (κ1) is 30.2. The second-order valence-corrected chi connectivity index (χ2v) is 10.5. The molecule has 3 aromatic carbocycles. The number of rotatable bonds is 10. The summed E-state index contributed by atoms with van der Waals surface area (Å²) in [6.07, 6.45) is -0.670. The molecule has 3 aromatic rings. The van der Waals surface area contributed by atoms with Gasteiger partial charge in [0.2, 0.25) is 11.8 Å². The number of morpholine rings is 1. The number of nitrogens with zero attached hydrogens (tertiary/aromatic N) is 1. The summed E-state index contributed by atoms with van der Waals surface area (Å²) in [7, 11) is 0. The van der Waals surface area contributed by atoms with Crippen molar-refractivity contribution in [3.8, 4) is 0 Å². The van der Waals surface area contributed by atoms with Crippen LogP contribution in [-0.2, 0) is 20.5 Å². The van der Waals surface area contributed by atoms with Crippen LogP contribution in [-0.4, -0.2) is 55.1 Å². The van der Waals surface area contributed by atoms with Crippen LogP contribution in [0.1, 0.15) is 29.2 Å². The maximum Gasteiger partial charge on any atom is 0.419 e. The smallest absolute Gasteiger partial charge is 0.397 e. The summed E-state index contributed by atoms with van der Waals surface area (Å²) in [6.45, 7) is 2.62. The fraction of sp³-hybridized carbons (Fsp3) is 0.290. The van der Waals surface area contributed by atoms with E-state index >= 15 is 0 Å². The molecule has 0 spiro atoms. The molecule has 8 nitrogen and oxygen atoms in total. The highest BCUT2D eigenvalue weighted by molar-refractivity contribution is 6.03. The van der Waals surface area contributed by atoms with Crippen molar-refractivity contribution in [3.63, 3.8) is 0 Å². The molecule has 2 fully saturated rings. The standard InChI is InChI=1S/C31H31F4N5O3/c32-25-15-21(10-11-24(25)31(33,34)35)38-30(42)29(37-13-14-40-17-23-16-22(40)18-43-23)20-8-5-19(6-9-20)7-12-28(41)39-27-4-2-1-3-26(27)36/h1-12,15,22-23,29,37H,13-14,16-18,36H2,(H,38,42)(H,39,41). The minimum absolute atomic E-state index is 0.0964. The molecule has 0 aliphatic carbocycles. The van der Waals surface area contributed by atoms with Gasteiger partial charge in [-0.1, -0.05) is 36.4 Å². The lowest BCUT2D eigenvalue weighted by atomic mass is 10.0. The largest absolute Gasteiger partial charge is 0.419 e. The average molecular weight is 598 g/mol. The van der Waals surface area contributed by atoms with Crippen molar-refractivity contribution in [2.45, 2.75) is 30.8 Å². The Bertz CT molecular complexity index is 1500. The molecule has 12 heteroatoms. The van der Waals surface area contributed by atoms with Gasteiger partial charge in [-0.15, -0.1) is 0 Å². The maximum absolute atomic E-state index is 14.1. The van der Waals surface area contributed by atoms with E-state index in [1.165, 1.54) is 6.08 Å². The van der Waals surface area contributed by atoms with Crippen molar-refractivity contribution in [2.24, 2.45) is 0 Å². The van der Waals surface area contributed by atoms with Gasteiger partial charge in [0.1, 0.15) is 11.9 Å². The molecule has 5 rings (SSSR count). The van der Waals surface area contributed by atoms with Crippen LogP contribution < -0.4 is 21.7 Å². The summed E-state index contributed by atoms with van der Waals surface area (Å²) in [5, 5.41) is 8.47. The van der Waals surface area contributed by atoms with E-state index < -0.39 is 29.5 Å². The van der Waals surface area contributed by atoms with Gasteiger partial charge in [-0.3, -0.25) is 14.5 Å². The van der Waals surface area contributed by atoms with Gasteiger partial charge in [0.15, 0.2) is 0 Å². The molecule has 0 saturated carbocycles. The highest BCUT2D eigenvalue weighted by Crippen LogP contribution is 2.33. The number of nitrogens with one attached hydrogen (secondary N) is 3. The number of likely N-dealkylation sites (tertiary alicyclic amines) is 1. The Kier molecular flexibility index (Phi) is 9.09. The number of benzene rings is 3. The molecule has 0 aromatic heterocycles. The third-order valence-electron chi connectivity index (χ3n) is 7.48. The number of halogens is 4. The van der Waals surface area contributed by atoms with Crippen molar-refractivity contribution >= 4 is 35.0 Å². The minimum atomic E-state index is -4.84. The van der Waals surface area contributed by atoms with Gasteiger partial charge in [-0.2, -0.15) is 13.2 Å². The van der Waals surface area contributed by atoms with E-state index in [9.17, 15) is 27.2 Å². The molecule has 2 aliphatic heterocycles. The Morgan fingerprint density at radius 1 is 1.07 bits per heavy atom. The zero-order valence-corrected chi connectivity index (χ0v) is 23.0. The van der Waals surface area contributed by atoms with Crippen LogP contribution >= 0.6 is 0 Å². The number of hydrogen-bond donors (Lipinski definition) is 4. The van der Waals surface area contributed by atoms with Gasteiger partial charge in [0, 0.05) is 37.4 Å². The fourth-order valence-corrected chi connectivity index (χ4v) is 5.26. The summed E-state index contributed by atoms with van der Waals surface area (Å²) in [6, 6.07) is 15.5. The lowest BCUT2D eigenvalue weighted by molar-refractivity contribution is -0.140. The second-order valence-electron chi connectivity index (χ2n) is 10.5. The number of hydrogen-bond acceptors (Lipinski definition) is 6. The SMILES string of the molecule is Nc1ccccc1NC(=O)C=Cc1ccc(C(NCCN2CC3CC2CO3)C(=O)Nc2ccc(C(F)(F)F)c(F)c2)cc1. The second kappa shape index (κ2) is 12.9. The Labute approximate surface area is 245 Å². The zero-order valence-electron chi connectivity index (χ0n) is 23.0. The summed E-state index contributed by atoms with van der Waals surface area (Å²) >= 11 is 0. The molecular weight excluding hydrogens is 566 g/mol. The molecule has 2 amide bonds. The number of carbonyl (C=O) groups is 2. The summed E-state index contributed by atoms with van der Waals surface area (Å²) in [5.74, 6) is -2.41. The number of carbonyl (C=O) groups excluding carboxylic acids is 2. The molecule has 3 atom stereocenters. The first-order valence-electron chi connectivity index (χ1n) is 13.8. The number of para-hydroxylation sites is 2. The quantitative estimate of drug-likeness (QED) is 0.152. The fourth-order valence-electron chi connectivity index (χ4n) is 5.26. The van der Waals surface area contributed by atoms with E-state index in [1.807, 2.05) is 0 Å². The number of nitrogens with two attached hydrogens (primary N) is 1. The number of fused-ring (bicyclic) bond motifs is 2. The van der Waals surface area contributed by atoms with Crippen LogP contribution in [0.4, 0.5) is 34.6 Å². The van der Waals surface area contributed by atoms with Crippen LogP contribution in [0.3, 0.4) is 0 Å². The molecule has 2 saturated heterocycles. The van der Waals surface area contributed by atoms with Crippen LogP contribution in [0.15, 0.2) is 72.8 Å². The molecule has 5 N–H and O–H groups in total. The molecule has 0 radical (unpaired) electrons. The predicted octanol–water partition coefficient (Wildman–Crippen LogP) is 4.82. The van der Waals surface area contributed by atoms with Crippen LogP contribution in [0.25, 0.3) is 6.08 Å². The van der Waals surface area contributed by atoms with Gasteiger partial charge in [-0.25, -0.2) is 4.39 Å². The monoisotopic (exact) mass is 597 g/mol. The van der Waals surface area contributed by atoms with Crippen molar-refractivity contribution in [2.75, 3.05) is 42.6 Å². The average Bonchev–Trinajstić information content (AvgIpc) is 3.59. The number of alkyl halides is 3. The van der Waals surface area contributed by atoms with E-state index in [-0.39, 0.29) is 17.7 Å². The lowest BCUT2D eigenvalue weighted by Gasteiger charge is -2.27. The molecular formula is C31H31F4N5O3. The zero-order chi connectivity index (χ0) is 30.6. The van der Waals surface area contributed by atoms with Gasteiger partial charge >= 0.3 is 6.18 Å². The van der Waals surface area contributed by atoms with Gasteiger partial charge in [-0.05, 0) is 54.0 Å². The third kappa shape index (κ3) is 7.58. The Balaban J connectivity index is 1.27. The van der Waals surface area contributed by atoms with E-state index in [2.05, 4.69) is 20.9 Å². The third-order valence-corrected chi connectivity index (χ3v) is 7.48. The summed E-state index contributed by atoms with van der Waals surface area (Å²) < 4.78 is 58.7. The highest BCUT2D eigenvalue weighted by Gasteiger charge is 2.38. The van der Waals surface area contributed by atoms with Crippen LogP contribution in [0.5, 0.6) is 0 Å². The molecule has 2 heterocycles. The molecule has 2 aliphatic rings. The normalized spacial score (nSPS) is 19.1. The number of nitrogen functional groups attached to an aromatic ring is 1. The highest BCUT2D eigenvalue weighted by atomic mass is 19.4. The summed E-state index contributed by atoms with van der Waals surface area (Å²) in [4.78, 5) is 28.0. The van der Waals surface area contributed by atoms with E-state index in [4.69, 9.17) is 10.5 Å². The van der Waals surface area contributed by atoms with Crippen molar-refractivity contribution in [1.29, 1.82) is 0 Å². The molecule has 43 heavy (non-hydrogen) atoms. The van der Waals surface area contributed by atoms with Crippen molar-refractivity contribution < 1.29 is 31.9 Å². The lowest BCUT2D eigenvalue weighted by Crippen LogP contribution is -2.43. The summed E-state index contributed by atoms with van der Waals surface area (Å²) in [5.41, 5.74) is 6.56. The Morgan fingerprint density at radius 2 is 1.84 bits per heavy atom. The van der Waals surface area contributed by atoms with Gasteiger partial charge < -0.3 is 26.4 Å². The molecule has 3 unspecified atom stereocenters.